The number of hydrogen-bond acceptors (Lipinski definition) is 3. The third-order valence-electron chi connectivity index (χ3n) is 4.99. The van der Waals surface area contributed by atoms with Gasteiger partial charge in [0, 0.05) is 13.1 Å². The van der Waals surface area contributed by atoms with E-state index in [9.17, 15) is 18.8 Å². The summed E-state index contributed by atoms with van der Waals surface area (Å²) < 4.78 is 13.9. The van der Waals surface area contributed by atoms with Crippen molar-refractivity contribution < 1.29 is 23.9 Å². The van der Waals surface area contributed by atoms with Crippen molar-refractivity contribution in [1.29, 1.82) is 0 Å². The van der Waals surface area contributed by atoms with Gasteiger partial charge in [-0.05, 0) is 43.5 Å². The quantitative estimate of drug-likeness (QED) is 0.847. The molecule has 1 heterocycles. The fourth-order valence-electron chi connectivity index (χ4n) is 3.34. The van der Waals surface area contributed by atoms with Gasteiger partial charge in [0.05, 0.1) is 22.7 Å². The van der Waals surface area contributed by atoms with Crippen LogP contribution in [0.25, 0.3) is 0 Å². The maximum Gasteiger partial charge on any atom is 0.306 e. The molecule has 146 valence electrons. The van der Waals surface area contributed by atoms with Crippen molar-refractivity contribution >= 4 is 23.5 Å². The Balaban J connectivity index is 1.82. The number of nitrogens with one attached hydrogen (secondary N) is 1. The number of nitrogens with zero attached hydrogens (tertiary/aromatic N) is 1. The van der Waals surface area contributed by atoms with E-state index in [1.54, 1.807) is 36.1 Å². The Labute approximate surface area is 162 Å². The van der Waals surface area contributed by atoms with Crippen LogP contribution in [0.3, 0.4) is 0 Å². The molecule has 0 radical (unpaired) electrons. The van der Waals surface area contributed by atoms with Crippen molar-refractivity contribution in [2.24, 2.45) is 5.92 Å². The molecule has 6 nitrogen and oxygen atoms in total. The number of rotatable bonds is 4. The van der Waals surface area contributed by atoms with Gasteiger partial charge >= 0.3 is 5.97 Å². The number of aliphatic carboxylic acids is 1. The Morgan fingerprint density at radius 1 is 1.04 bits per heavy atom. The van der Waals surface area contributed by atoms with Gasteiger partial charge in [-0.15, -0.1) is 0 Å². The van der Waals surface area contributed by atoms with E-state index in [0.717, 1.165) is 0 Å². The van der Waals surface area contributed by atoms with Crippen LogP contribution in [0, 0.1) is 18.7 Å². The second-order valence-electron chi connectivity index (χ2n) is 6.84. The van der Waals surface area contributed by atoms with Crippen LogP contribution in [-0.2, 0) is 4.79 Å². The topological polar surface area (TPSA) is 86.7 Å². The lowest BCUT2D eigenvalue weighted by Gasteiger charge is -2.31. The van der Waals surface area contributed by atoms with Crippen molar-refractivity contribution in [2.45, 2.75) is 19.8 Å². The number of carboxylic acids is 1. The molecular formula is C21H21FN2O4. The van der Waals surface area contributed by atoms with Gasteiger partial charge in [-0.2, -0.15) is 0 Å². The molecule has 0 aliphatic carbocycles. The van der Waals surface area contributed by atoms with E-state index >= 15 is 0 Å². The van der Waals surface area contributed by atoms with Crippen molar-refractivity contribution in [2.75, 3.05) is 18.4 Å². The van der Waals surface area contributed by atoms with Crippen LogP contribution < -0.4 is 5.32 Å². The van der Waals surface area contributed by atoms with Crippen molar-refractivity contribution in [3.8, 4) is 0 Å². The number of carboxylic acid groups (broad SMARTS) is 1. The summed E-state index contributed by atoms with van der Waals surface area (Å²) in [6, 6.07) is 10.7. The van der Waals surface area contributed by atoms with Crippen LogP contribution in [0.5, 0.6) is 0 Å². The summed E-state index contributed by atoms with van der Waals surface area (Å²) in [4.78, 5) is 38.2. The SMILES string of the molecule is Cc1cccc(C(=O)N2CCC(C(=O)O)CC2)c1NC(=O)c1ccccc1F. The van der Waals surface area contributed by atoms with E-state index in [0.29, 0.717) is 42.7 Å². The summed E-state index contributed by atoms with van der Waals surface area (Å²) in [5.41, 5.74) is 1.21. The molecule has 0 spiro atoms. The van der Waals surface area contributed by atoms with Crippen LogP contribution in [0.1, 0.15) is 39.1 Å². The molecule has 0 aromatic heterocycles. The monoisotopic (exact) mass is 384 g/mol. The zero-order valence-electron chi connectivity index (χ0n) is 15.4. The minimum Gasteiger partial charge on any atom is -0.481 e. The average Bonchev–Trinajstić information content (AvgIpc) is 2.69. The molecule has 0 saturated carbocycles. The summed E-state index contributed by atoms with van der Waals surface area (Å²) in [6.07, 6.45) is 0.785. The van der Waals surface area contributed by atoms with Gasteiger partial charge in [-0.1, -0.05) is 24.3 Å². The summed E-state index contributed by atoms with van der Waals surface area (Å²) in [6.45, 7) is 2.43. The lowest BCUT2D eigenvalue weighted by Crippen LogP contribution is -2.40. The maximum absolute atomic E-state index is 13.9. The molecule has 0 unspecified atom stereocenters. The van der Waals surface area contributed by atoms with Crippen molar-refractivity contribution in [1.82, 2.24) is 4.90 Å². The second-order valence-corrected chi connectivity index (χ2v) is 6.84. The summed E-state index contributed by atoms with van der Waals surface area (Å²) in [5, 5.41) is 11.8. The Hall–Kier alpha value is -3.22. The summed E-state index contributed by atoms with van der Waals surface area (Å²) in [7, 11) is 0. The minimum absolute atomic E-state index is 0.105. The third-order valence-corrected chi connectivity index (χ3v) is 4.99. The number of amides is 2. The first-order chi connectivity index (χ1) is 13.4. The molecular weight excluding hydrogens is 363 g/mol. The molecule has 1 fully saturated rings. The molecule has 1 saturated heterocycles. The van der Waals surface area contributed by atoms with Crippen LogP contribution in [-0.4, -0.2) is 40.9 Å². The van der Waals surface area contributed by atoms with Gasteiger partial charge in [0.15, 0.2) is 0 Å². The zero-order chi connectivity index (χ0) is 20.3. The lowest BCUT2D eigenvalue weighted by molar-refractivity contribution is -0.143. The highest BCUT2D eigenvalue weighted by Crippen LogP contribution is 2.26. The third kappa shape index (κ3) is 4.03. The lowest BCUT2D eigenvalue weighted by atomic mass is 9.96. The predicted octanol–water partition coefficient (Wildman–Crippen LogP) is 3.32. The molecule has 2 amide bonds. The molecule has 2 aromatic rings. The molecule has 0 bridgehead atoms. The predicted molar refractivity (Wildman–Crippen MR) is 102 cm³/mol. The molecule has 0 atom stereocenters. The van der Waals surface area contributed by atoms with Gasteiger partial charge < -0.3 is 15.3 Å². The van der Waals surface area contributed by atoms with Crippen LogP contribution in [0.15, 0.2) is 42.5 Å². The van der Waals surface area contributed by atoms with E-state index in [4.69, 9.17) is 5.11 Å². The largest absolute Gasteiger partial charge is 0.481 e. The van der Waals surface area contributed by atoms with Gasteiger partial charge in [0.1, 0.15) is 5.82 Å². The van der Waals surface area contributed by atoms with Gasteiger partial charge in [0.2, 0.25) is 0 Å². The van der Waals surface area contributed by atoms with Crippen molar-refractivity contribution in [3.63, 3.8) is 0 Å². The smallest absolute Gasteiger partial charge is 0.306 e. The number of piperidine rings is 1. The number of likely N-dealkylation sites (tertiary alicyclic amines) is 1. The molecule has 3 rings (SSSR count). The van der Waals surface area contributed by atoms with E-state index in [-0.39, 0.29) is 11.5 Å². The normalized spacial score (nSPS) is 14.6. The fraction of sp³-hybridized carbons (Fsp3) is 0.286. The Morgan fingerprint density at radius 2 is 1.68 bits per heavy atom. The molecule has 28 heavy (non-hydrogen) atoms. The van der Waals surface area contributed by atoms with Gasteiger partial charge in [0.25, 0.3) is 11.8 Å². The molecule has 7 heteroatoms. The number of aryl methyl sites for hydroxylation is 1. The number of carbonyl (C=O) groups excluding carboxylic acids is 2. The number of para-hydroxylation sites is 1. The van der Waals surface area contributed by atoms with Crippen LogP contribution in [0.4, 0.5) is 10.1 Å². The first-order valence-corrected chi connectivity index (χ1v) is 9.06. The Bertz CT molecular complexity index is 920. The first-order valence-electron chi connectivity index (χ1n) is 9.06. The summed E-state index contributed by atoms with van der Waals surface area (Å²) in [5.74, 6) is -2.85. The zero-order valence-corrected chi connectivity index (χ0v) is 15.4. The number of halogens is 1. The van der Waals surface area contributed by atoms with Crippen LogP contribution >= 0.6 is 0 Å². The van der Waals surface area contributed by atoms with Gasteiger partial charge in [-0.3, -0.25) is 14.4 Å². The second kappa shape index (κ2) is 8.21. The van der Waals surface area contributed by atoms with E-state index < -0.39 is 23.6 Å². The number of carbonyl (C=O) groups is 3. The number of benzene rings is 2. The van der Waals surface area contributed by atoms with Gasteiger partial charge in [-0.25, -0.2) is 4.39 Å². The number of hydrogen-bond donors (Lipinski definition) is 2. The van der Waals surface area contributed by atoms with Crippen LogP contribution in [0.2, 0.25) is 0 Å². The summed E-state index contributed by atoms with van der Waals surface area (Å²) >= 11 is 0. The fourth-order valence-corrected chi connectivity index (χ4v) is 3.34. The van der Waals surface area contributed by atoms with E-state index in [1.165, 1.54) is 18.2 Å². The first kappa shape index (κ1) is 19.5. The average molecular weight is 384 g/mol. The highest BCUT2D eigenvalue weighted by Gasteiger charge is 2.29. The van der Waals surface area contributed by atoms with Crippen molar-refractivity contribution in [3.05, 3.63) is 65.0 Å². The molecule has 2 aromatic carbocycles. The molecule has 2 N–H and O–H groups in total. The standard InChI is InChI=1S/C21H21FN2O4/c1-13-5-4-7-16(20(26)24-11-9-14(10-12-24)21(27)28)18(13)23-19(25)15-6-2-3-8-17(15)22/h2-8,14H,9-12H2,1H3,(H,23,25)(H,27,28). The Morgan fingerprint density at radius 3 is 2.32 bits per heavy atom. The minimum atomic E-state index is -0.847. The highest BCUT2D eigenvalue weighted by molar-refractivity contribution is 6.09. The molecule has 1 aliphatic rings. The number of anilines is 1. The van der Waals surface area contributed by atoms with E-state index in [1.807, 2.05) is 0 Å². The Kier molecular flexibility index (Phi) is 5.73. The maximum atomic E-state index is 13.9. The highest BCUT2D eigenvalue weighted by atomic mass is 19.1. The van der Waals surface area contributed by atoms with E-state index in [2.05, 4.69) is 5.32 Å². The molecule has 1 aliphatic heterocycles.